The molecule has 2 aromatic carbocycles. The van der Waals surface area contributed by atoms with E-state index in [0.717, 1.165) is 53.4 Å². The van der Waals surface area contributed by atoms with Gasteiger partial charge in [-0.2, -0.15) is 9.97 Å². The maximum atomic E-state index is 11.9. The topological polar surface area (TPSA) is 133 Å². The number of anilines is 2. The van der Waals surface area contributed by atoms with Crippen molar-refractivity contribution in [2.45, 2.75) is 19.3 Å². The monoisotopic (exact) mass is 540 g/mol. The molecule has 4 aromatic heterocycles. The zero-order chi connectivity index (χ0) is 27.1. The molecule has 2 N–H and O–H groups in total. The summed E-state index contributed by atoms with van der Waals surface area (Å²) in [7, 11) is 0. The summed E-state index contributed by atoms with van der Waals surface area (Å²) in [6.45, 7) is 4.56. The number of rotatable bonds is 2. The quantitative estimate of drug-likeness (QED) is 0.332. The van der Waals surface area contributed by atoms with E-state index in [1.807, 2.05) is 53.4 Å². The summed E-state index contributed by atoms with van der Waals surface area (Å²) in [4.78, 5) is 41.7. The number of ether oxygens (including phenoxy) is 1. The predicted molar refractivity (Wildman–Crippen MR) is 153 cm³/mol. The van der Waals surface area contributed by atoms with Crippen molar-refractivity contribution < 1.29 is 13.6 Å². The van der Waals surface area contributed by atoms with E-state index in [4.69, 9.17) is 13.6 Å². The van der Waals surface area contributed by atoms with Gasteiger partial charge in [-0.1, -0.05) is 24.3 Å². The lowest BCUT2D eigenvalue weighted by molar-refractivity contribution is 0.122. The molecule has 0 aliphatic carbocycles. The molecular weight excluding hydrogens is 512 g/mol. The largest absolute Gasteiger partial charge is 0.451 e. The van der Waals surface area contributed by atoms with Crippen LogP contribution in [-0.4, -0.2) is 59.3 Å². The van der Waals surface area contributed by atoms with E-state index in [1.54, 1.807) is 0 Å². The number of furan rings is 2. The Morgan fingerprint density at radius 1 is 0.625 bits per heavy atom. The number of piperidine rings is 1. The van der Waals surface area contributed by atoms with E-state index in [1.165, 1.54) is 6.42 Å². The van der Waals surface area contributed by atoms with Gasteiger partial charge in [-0.25, -0.2) is 9.59 Å². The Kier molecular flexibility index (Phi) is 6.20. The van der Waals surface area contributed by atoms with Crippen LogP contribution in [-0.2, 0) is 4.74 Å². The lowest BCUT2D eigenvalue weighted by atomic mass is 10.1. The minimum Gasteiger partial charge on any atom is -0.451 e. The molecule has 2 saturated heterocycles. The first-order chi connectivity index (χ1) is 19.7. The van der Waals surface area contributed by atoms with Gasteiger partial charge in [0.2, 0.25) is 0 Å². The van der Waals surface area contributed by atoms with Gasteiger partial charge in [0, 0.05) is 37.0 Å². The number of nitrogens with one attached hydrogen (secondary N) is 2. The number of fused-ring (bicyclic) bond motifs is 6. The molecule has 204 valence electrons. The third kappa shape index (κ3) is 4.37. The van der Waals surface area contributed by atoms with E-state index in [-0.39, 0.29) is 11.4 Å². The average molecular weight is 541 g/mol. The molecule has 11 heteroatoms. The van der Waals surface area contributed by atoms with E-state index in [0.29, 0.717) is 54.6 Å². The normalized spacial score (nSPS) is 16.1. The second kappa shape index (κ2) is 10.2. The number of H-pyrrole nitrogens is 2. The molecule has 0 atom stereocenters. The molecule has 0 spiro atoms. The molecule has 2 aliphatic rings. The summed E-state index contributed by atoms with van der Waals surface area (Å²) in [5.74, 6) is 1.28. The zero-order valence-corrected chi connectivity index (χ0v) is 21.8. The van der Waals surface area contributed by atoms with Crippen molar-refractivity contribution in [3.05, 3.63) is 69.5 Å². The van der Waals surface area contributed by atoms with Crippen LogP contribution in [0, 0.1) is 0 Å². The van der Waals surface area contributed by atoms with Crippen LogP contribution in [0.3, 0.4) is 0 Å². The second-order valence-electron chi connectivity index (χ2n) is 9.98. The summed E-state index contributed by atoms with van der Waals surface area (Å²) in [5.41, 5.74) is 3.64. The fourth-order valence-electron chi connectivity index (χ4n) is 5.53. The predicted octanol–water partition coefficient (Wildman–Crippen LogP) is 4.17. The minimum absolute atomic E-state index is 0.315. The fourth-order valence-corrected chi connectivity index (χ4v) is 5.53. The highest BCUT2D eigenvalue weighted by Gasteiger charge is 2.21. The highest BCUT2D eigenvalue weighted by Crippen LogP contribution is 2.33. The van der Waals surface area contributed by atoms with Crippen LogP contribution in [0.1, 0.15) is 19.3 Å². The minimum atomic E-state index is -0.356. The third-order valence-electron chi connectivity index (χ3n) is 7.44. The van der Waals surface area contributed by atoms with Crippen LogP contribution in [0.15, 0.2) is 67.0 Å². The molecule has 6 aromatic rings. The number of aromatic nitrogens is 4. The van der Waals surface area contributed by atoms with E-state index < -0.39 is 0 Å². The van der Waals surface area contributed by atoms with E-state index in [2.05, 4.69) is 24.8 Å². The van der Waals surface area contributed by atoms with Crippen molar-refractivity contribution >= 4 is 55.8 Å². The Bertz CT molecular complexity index is 1800. The lowest BCUT2D eigenvalue weighted by Gasteiger charge is -2.27. The van der Waals surface area contributed by atoms with Crippen molar-refractivity contribution in [1.29, 1.82) is 0 Å². The molecule has 2 fully saturated rings. The number of hydrogen-bond donors (Lipinski definition) is 2. The summed E-state index contributed by atoms with van der Waals surface area (Å²) in [5, 5.41) is 1.83. The second-order valence-corrected chi connectivity index (χ2v) is 9.98. The Labute approximate surface area is 227 Å². The van der Waals surface area contributed by atoms with Crippen molar-refractivity contribution in [2.75, 3.05) is 49.2 Å². The summed E-state index contributed by atoms with van der Waals surface area (Å²) in [6.07, 6.45) is 3.51. The first kappa shape index (κ1) is 24.4. The number of hydrogen-bond acceptors (Lipinski definition) is 9. The smallest absolute Gasteiger partial charge is 0.347 e. The van der Waals surface area contributed by atoms with Gasteiger partial charge in [0.15, 0.2) is 22.8 Å². The molecule has 0 radical (unpaired) electrons. The lowest BCUT2D eigenvalue weighted by Crippen LogP contribution is -2.37. The highest BCUT2D eigenvalue weighted by molar-refractivity contribution is 6.06. The SMILES string of the molecule is O=c1nc(N2CCCCC2)c2oc3ccccc3c2[nH]1.O=c1nc(N2CCOCC2)c2oc3ccccc3c2[nH]1. The van der Waals surface area contributed by atoms with Crippen molar-refractivity contribution in [1.82, 2.24) is 19.9 Å². The number of benzene rings is 2. The standard InChI is InChI=1S/C15H15N3O2.C14H13N3O3/c19-15-16-12-10-6-2-3-7-11(10)20-13(12)14(17-15)18-8-4-1-5-9-18;18-14-15-11-9-3-1-2-4-10(9)20-12(11)13(16-14)17-5-7-19-8-6-17/h2-3,6-7H,1,4-5,8-9H2,(H,16,17,19);1-4H,5-8H2,(H,15,16,18). The maximum Gasteiger partial charge on any atom is 0.347 e. The molecule has 0 unspecified atom stereocenters. The molecule has 40 heavy (non-hydrogen) atoms. The number of para-hydroxylation sites is 2. The maximum absolute atomic E-state index is 11.9. The van der Waals surface area contributed by atoms with Gasteiger partial charge < -0.3 is 33.3 Å². The van der Waals surface area contributed by atoms with Gasteiger partial charge in [0.25, 0.3) is 0 Å². The molecule has 11 nitrogen and oxygen atoms in total. The average Bonchev–Trinajstić information content (AvgIpc) is 3.56. The Hall–Kier alpha value is -4.64. The van der Waals surface area contributed by atoms with Crippen LogP contribution in [0.4, 0.5) is 11.6 Å². The summed E-state index contributed by atoms with van der Waals surface area (Å²) in [6, 6.07) is 15.4. The third-order valence-corrected chi connectivity index (χ3v) is 7.44. The molecule has 6 heterocycles. The molecule has 0 bridgehead atoms. The summed E-state index contributed by atoms with van der Waals surface area (Å²) < 4.78 is 17.1. The van der Waals surface area contributed by atoms with Gasteiger partial charge in [-0.05, 0) is 43.5 Å². The van der Waals surface area contributed by atoms with Crippen LogP contribution < -0.4 is 21.2 Å². The molecule has 0 amide bonds. The van der Waals surface area contributed by atoms with Gasteiger partial charge >= 0.3 is 11.4 Å². The number of nitrogens with zero attached hydrogens (tertiary/aromatic N) is 4. The Balaban J connectivity index is 0.000000132. The van der Waals surface area contributed by atoms with Crippen molar-refractivity contribution in [2.24, 2.45) is 0 Å². The van der Waals surface area contributed by atoms with Gasteiger partial charge in [-0.3, -0.25) is 0 Å². The molecule has 0 saturated carbocycles. The highest BCUT2D eigenvalue weighted by atomic mass is 16.5. The zero-order valence-electron chi connectivity index (χ0n) is 21.8. The fraction of sp³-hybridized carbons (Fsp3) is 0.310. The molecule has 2 aliphatic heterocycles. The van der Waals surface area contributed by atoms with E-state index >= 15 is 0 Å². The van der Waals surface area contributed by atoms with Crippen molar-refractivity contribution in [3.63, 3.8) is 0 Å². The van der Waals surface area contributed by atoms with Gasteiger partial charge in [0.1, 0.15) is 22.2 Å². The molecular formula is C29H28N6O5. The Morgan fingerprint density at radius 3 is 1.62 bits per heavy atom. The molecule has 8 rings (SSSR count). The van der Waals surface area contributed by atoms with Crippen LogP contribution in [0.2, 0.25) is 0 Å². The first-order valence-electron chi connectivity index (χ1n) is 13.6. The first-order valence-corrected chi connectivity index (χ1v) is 13.6. The Morgan fingerprint density at radius 2 is 1.10 bits per heavy atom. The summed E-state index contributed by atoms with van der Waals surface area (Å²) >= 11 is 0. The number of aromatic amines is 2. The van der Waals surface area contributed by atoms with E-state index in [9.17, 15) is 9.59 Å². The van der Waals surface area contributed by atoms with Crippen LogP contribution in [0.5, 0.6) is 0 Å². The van der Waals surface area contributed by atoms with Crippen LogP contribution >= 0.6 is 0 Å². The van der Waals surface area contributed by atoms with Gasteiger partial charge in [-0.15, -0.1) is 0 Å². The number of morpholine rings is 1. The van der Waals surface area contributed by atoms with Gasteiger partial charge in [0.05, 0.1) is 13.2 Å². The van der Waals surface area contributed by atoms with Crippen molar-refractivity contribution in [3.8, 4) is 0 Å². The van der Waals surface area contributed by atoms with Crippen LogP contribution in [0.25, 0.3) is 44.1 Å².